The Kier molecular flexibility index (Phi) is 8.82. The number of para-hydroxylation sites is 1. The maximum Gasteiger partial charge on any atom is 0.210 e. The fourth-order valence-corrected chi connectivity index (χ4v) is 3.70. The van der Waals surface area contributed by atoms with Gasteiger partial charge < -0.3 is 10.1 Å². The van der Waals surface area contributed by atoms with Gasteiger partial charge in [0.2, 0.25) is 9.84 Å². The van der Waals surface area contributed by atoms with Crippen molar-refractivity contribution in [3.05, 3.63) is 54.6 Å². The van der Waals surface area contributed by atoms with Crippen LogP contribution < -0.4 is 10.1 Å². The lowest BCUT2D eigenvalue weighted by atomic mass is 10.2. The highest BCUT2D eigenvalue weighted by Crippen LogP contribution is 2.29. The van der Waals surface area contributed by atoms with Crippen molar-refractivity contribution in [2.45, 2.75) is 29.1 Å². The molecule has 2 aromatic rings. The van der Waals surface area contributed by atoms with Crippen LogP contribution in [0.15, 0.2) is 64.4 Å². The lowest BCUT2D eigenvalue weighted by Gasteiger charge is -2.12. The summed E-state index contributed by atoms with van der Waals surface area (Å²) >= 11 is 0. The van der Waals surface area contributed by atoms with E-state index in [2.05, 4.69) is 5.32 Å². The van der Waals surface area contributed by atoms with Gasteiger partial charge in [0.05, 0.1) is 11.5 Å². The Balaban J connectivity index is 0.00000288. The molecule has 0 aromatic heterocycles. The fourth-order valence-electron chi connectivity index (χ4n) is 2.28. The van der Waals surface area contributed by atoms with Gasteiger partial charge in [-0.1, -0.05) is 30.3 Å². The lowest BCUT2D eigenvalue weighted by Crippen LogP contribution is -2.09. The average Bonchev–Trinajstić information content (AvgIpc) is 2.59. The number of ether oxygens (including phenoxy) is 1. The van der Waals surface area contributed by atoms with Gasteiger partial charge in [-0.05, 0) is 57.1 Å². The second-order valence-electron chi connectivity index (χ2n) is 5.28. The van der Waals surface area contributed by atoms with Gasteiger partial charge in [0, 0.05) is 0 Å². The first-order valence-corrected chi connectivity index (χ1v) is 9.31. The molecule has 1 N–H and O–H groups in total. The van der Waals surface area contributed by atoms with Gasteiger partial charge in [0.1, 0.15) is 10.6 Å². The summed E-state index contributed by atoms with van der Waals surface area (Å²) in [5.74, 6) is 0.421. The van der Waals surface area contributed by atoms with Gasteiger partial charge in [0.25, 0.3) is 0 Å². The number of hydrogen-bond acceptors (Lipinski definition) is 4. The second-order valence-corrected chi connectivity index (χ2v) is 7.19. The topological polar surface area (TPSA) is 55.4 Å². The number of halogens is 1. The van der Waals surface area contributed by atoms with E-state index in [-0.39, 0.29) is 22.2 Å². The van der Waals surface area contributed by atoms with E-state index < -0.39 is 9.84 Å². The Labute approximate surface area is 150 Å². The zero-order valence-corrected chi connectivity index (χ0v) is 15.4. The molecule has 24 heavy (non-hydrogen) atoms. The quantitative estimate of drug-likeness (QED) is 0.684. The Bertz CT molecular complexity index is 705. The highest BCUT2D eigenvalue weighted by molar-refractivity contribution is 7.91. The molecule has 0 spiro atoms. The normalized spacial score (nSPS) is 10.9. The SMILES string of the molecule is CNCCCCCOc1ccccc1S(=O)(=O)c1ccccc1.Cl. The van der Waals surface area contributed by atoms with Crippen LogP contribution in [0.1, 0.15) is 19.3 Å². The van der Waals surface area contributed by atoms with Gasteiger partial charge in [-0.3, -0.25) is 0 Å². The van der Waals surface area contributed by atoms with Gasteiger partial charge in [-0.25, -0.2) is 8.42 Å². The predicted molar refractivity (Wildman–Crippen MR) is 98.9 cm³/mol. The molecule has 0 aliphatic carbocycles. The summed E-state index contributed by atoms with van der Waals surface area (Å²) in [7, 11) is -1.62. The van der Waals surface area contributed by atoms with Crippen molar-refractivity contribution < 1.29 is 13.2 Å². The van der Waals surface area contributed by atoms with Crippen LogP contribution in [0.4, 0.5) is 0 Å². The summed E-state index contributed by atoms with van der Waals surface area (Å²) in [6.45, 7) is 1.50. The molecule has 0 heterocycles. The molecule has 0 bridgehead atoms. The van der Waals surface area contributed by atoms with Crippen LogP contribution in [0.3, 0.4) is 0 Å². The summed E-state index contributed by atoms with van der Waals surface area (Å²) in [6, 6.07) is 15.3. The van der Waals surface area contributed by atoms with Crippen molar-refractivity contribution in [1.82, 2.24) is 5.32 Å². The summed E-state index contributed by atoms with van der Waals surface area (Å²) in [5, 5.41) is 3.10. The molecule has 0 radical (unpaired) electrons. The largest absolute Gasteiger partial charge is 0.492 e. The Hall–Kier alpha value is -1.56. The Morgan fingerprint density at radius 2 is 1.58 bits per heavy atom. The lowest BCUT2D eigenvalue weighted by molar-refractivity contribution is 0.297. The van der Waals surface area contributed by atoms with Crippen molar-refractivity contribution in [2.75, 3.05) is 20.2 Å². The van der Waals surface area contributed by atoms with E-state index >= 15 is 0 Å². The Morgan fingerprint density at radius 3 is 2.29 bits per heavy atom. The average molecular weight is 370 g/mol. The van der Waals surface area contributed by atoms with Gasteiger partial charge in [-0.15, -0.1) is 12.4 Å². The van der Waals surface area contributed by atoms with E-state index in [1.165, 1.54) is 0 Å². The maximum atomic E-state index is 12.7. The first kappa shape index (κ1) is 20.5. The van der Waals surface area contributed by atoms with Crippen molar-refractivity contribution in [2.24, 2.45) is 0 Å². The van der Waals surface area contributed by atoms with E-state index in [4.69, 9.17) is 4.74 Å². The van der Waals surface area contributed by atoms with Crippen LogP contribution in [0, 0.1) is 0 Å². The molecule has 2 rings (SSSR count). The summed E-state index contributed by atoms with van der Waals surface area (Å²) in [5.41, 5.74) is 0. The highest BCUT2D eigenvalue weighted by atomic mass is 35.5. The smallest absolute Gasteiger partial charge is 0.210 e. The van der Waals surface area contributed by atoms with E-state index in [1.807, 2.05) is 7.05 Å². The van der Waals surface area contributed by atoms with E-state index in [0.29, 0.717) is 12.4 Å². The van der Waals surface area contributed by atoms with Crippen LogP contribution in [-0.4, -0.2) is 28.6 Å². The van der Waals surface area contributed by atoms with Crippen LogP contribution in [0.25, 0.3) is 0 Å². The molecule has 4 nitrogen and oxygen atoms in total. The van der Waals surface area contributed by atoms with Crippen molar-refractivity contribution in [3.8, 4) is 5.75 Å². The summed E-state index contributed by atoms with van der Waals surface area (Å²) in [4.78, 5) is 0.506. The molecule has 0 atom stereocenters. The monoisotopic (exact) mass is 369 g/mol. The zero-order chi connectivity index (χ0) is 16.5. The van der Waals surface area contributed by atoms with Crippen LogP contribution >= 0.6 is 12.4 Å². The number of sulfone groups is 1. The van der Waals surface area contributed by atoms with Gasteiger partial charge in [0.15, 0.2) is 0 Å². The minimum atomic E-state index is -3.56. The Morgan fingerprint density at radius 1 is 0.917 bits per heavy atom. The number of hydrogen-bond donors (Lipinski definition) is 1. The summed E-state index contributed by atoms with van der Waals surface area (Å²) < 4.78 is 31.2. The third-order valence-corrected chi connectivity index (χ3v) is 5.33. The second kappa shape index (κ2) is 10.3. The molecular weight excluding hydrogens is 346 g/mol. The van der Waals surface area contributed by atoms with Crippen LogP contribution in [-0.2, 0) is 9.84 Å². The van der Waals surface area contributed by atoms with E-state index in [9.17, 15) is 8.42 Å². The van der Waals surface area contributed by atoms with Crippen LogP contribution in [0.5, 0.6) is 5.75 Å². The van der Waals surface area contributed by atoms with Crippen LogP contribution in [0.2, 0.25) is 0 Å². The number of benzene rings is 2. The number of rotatable bonds is 9. The standard InChI is InChI=1S/C18H23NO3S.ClH/c1-19-14-8-3-9-15-22-17-12-6-7-13-18(17)23(20,21)16-10-4-2-5-11-16;/h2,4-7,10-13,19H,3,8-9,14-15H2,1H3;1H. The molecule has 0 saturated heterocycles. The third kappa shape index (κ3) is 5.51. The first-order chi connectivity index (χ1) is 11.2. The fraction of sp³-hybridized carbons (Fsp3) is 0.333. The molecule has 2 aromatic carbocycles. The minimum Gasteiger partial charge on any atom is -0.492 e. The maximum absolute atomic E-state index is 12.7. The number of unbranched alkanes of at least 4 members (excludes halogenated alkanes) is 2. The summed E-state index contributed by atoms with van der Waals surface area (Å²) in [6.07, 6.45) is 3.04. The van der Waals surface area contributed by atoms with Gasteiger partial charge >= 0.3 is 0 Å². The molecule has 0 unspecified atom stereocenters. The molecule has 0 saturated carbocycles. The number of nitrogens with one attached hydrogen (secondary N) is 1. The molecule has 132 valence electrons. The third-order valence-electron chi connectivity index (χ3n) is 3.52. The van der Waals surface area contributed by atoms with Crippen molar-refractivity contribution >= 4 is 22.2 Å². The molecular formula is C18H24ClNO3S. The van der Waals surface area contributed by atoms with Gasteiger partial charge in [-0.2, -0.15) is 0 Å². The molecule has 0 aliphatic rings. The first-order valence-electron chi connectivity index (χ1n) is 7.83. The van der Waals surface area contributed by atoms with E-state index in [1.54, 1.807) is 54.6 Å². The molecule has 0 amide bonds. The predicted octanol–water partition coefficient (Wildman–Crippen LogP) is 3.71. The molecule has 6 heteroatoms. The molecule has 0 aliphatic heterocycles. The molecule has 0 fully saturated rings. The van der Waals surface area contributed by atoms with Crippen molar-refractivity contribution in [1.29, 1.82) is 0 Å². The van der Waals surface area contributed by atoms with E-state index in [0.717, 1.165) is 25.8 Å². The van der Waals surface area contributed by atoms with Crippen molar-refractivity contribution in [3.63, 3.8) is 0 Å². The highest BCUT2D eigenvalue weighted by Gasteiger charge is 2.21. The minimum absolute atomic E-state index is 0. The zero-order valence-electron chi connectivity index (χ0n) is 13.8.